The number of para-hydroxylation sites is 6. The zero-order valence-electron chi connectivity index (χ0n) is 38.0. The fraction of sp³-hybridized carbons (Fsp3) is 0.0492. The molecule has 0 saturated heterocycles. The first-order valence-electron chi connectivity index (χ1n) is 23.5. The summed E-state index contributed by atoms with van der Waals surface area (Å²) in [4.78, 5) is 14.5. The molecular weight excluding hydrogens is 845 g/mol. The summed E-state index contributed by atoms with van der Waals surface area (Å²) in [7, 11) is 0. The number of anilines is 6. The lowest BCUT2D eigenvalue weighted by Gasteiger charge is -2.30. The second kappa shape index (κ2) is 14.9. The van der Waals surface area contributed by atoms with Gasteiger partial charge in [0.15, 0.2) is 0 Å². The zero-order valence-corrected chi connectivity index (χ0v) is 38.0. The van der Waals surface area contributed by atoms with Gasteiger partial charge in [-0.15, -0.1) is 0 Å². The first kappa shape index (κ1) is 39.1. The fourth-order valence-electron chi connectivity index (χ4n) is 11.2. The SMILES string of the molecule is CC1(C)c2cc(N(c3ccccc3)c3cccc(-n4c5ccccc5n5ccnc45)c3)ccc2-c2c1cc(N(c1ccccc1)c1cccc(-n3c4ccccc4n4ccnc34)c1)c1ccccc21. The van der Waals surface area contributed by atoms with Gasteiger partial charge in [-0.2, -0.15) is 0 Å². The summed E-state index contributed by atoms with van der Waals surface area (Å²) in [6.45, 7) is 4.78. The Labute approximate surface area is 398 Å². The normalized spacial score (nSPS) is 12.9. The molecular formula is C61H44N8. The van der Waals surface area contributed by atoms with E-state index < -0.39 is 0 Å². The van der Waals surface area contributed by atoms with E-state index in [2.05, 4.69) is 248 Å². The van der Waals surface area contributed by atoms with E-state index in [1.807, 2.05) is 24.8 Å². The summed E-state index contributed by atoms with van der Waals surface area (Å²) in [5, 5.41) is 2.42. The Hall–Kier alpha value is -9.14. The summed E-state index contributed by atoms with van der Waals surface area (Å²) < 4.78 is 8.83. The highest BCUT2D eigenvalue weighted by Gasteiger charge is 2.39. The topological polar surface area (TPSA) is 50.9 Å². The van der Waals surface area contributed by atoms with E-state index in [4.69, 9.17) is 9.97 Å². The van der Waals surface area contributed by atoms with Gasteiger partial charge in [-0.1, -0.05) is 117 Å². The van der Waals surface area contributed by atoms with E-state index in [1.165, 1.54) is 33.0 Å². The Morgan fingerprint density at radius 1 is 0.391 bits per heavy atom. The van der Waals surface area contributed by atoms with Crippen LogP contribution in [0.5, 0.6) is 0 Å². The molecule has 0 atom stereocenters. The van der Waals surface area contributed by atoms with Crippen LogP contribution >= 0.6 is 0 Å². The van der Waals surface area contributed by atoms with Crippen LogP contribution < -0.4 is 9.80 Å². The smallest absolute Gasteiger partial charge is 0.219 e. The molecule has 0 aliphatic heterocycles. The average Bonchev–Trinajstić information content (AvgIpc) is 4.22. The van der Waals surface area contributed by atoms with Gasteiger partial charge in [0.2, 0.25) is 11.6 Å². The summed E-state index contributed by atoms with van der Waals surface area (Å²) in [6, 6.07) is 74.7. The molecule has 8 nitrogen and oxygen atoms in total. The van der Waals surface area contributed by atoms with Gasteiger partial charge in [0.25, 0.3) is 0 Å². The summed E-state index contributed by atoms with van der Waals surface area (Å²) in [5.74, 6) is 1.76. The zero-order chi connectivity index (χ0) is 45.8. The molecule has 9 aromatic carbocycles. The largest absolute Gasteiger partial charge is 0.310 e. The van der Waals surface area contributed by atoms with Crippen LogP contribution in [0.25, 0.3) is 66.9 Å². The van der Waals surface area contributed by atoms with Crippen LogP contribution in [0.15, 0.2) is 231 Å². The van der Waals surface area contributed by atoms with Crippen molar-refractivity contribution in [3.8, 4) is 22.5 Å². The number of hydrogen-bond acceptors (Lipinski definition) is 4. The predicted molar refractivity (Wildman–Crippen MR) is 282 cm³/mol. The maximum Gasteiger partial charge on any atom is 0.219 e. The third kappa shape index (κ3) is 5.82. The summed E-state index contributed by atoms with van der Waals surface area (Å²) >= 11 is 0. The average molecular weight is 889 g/mol. The Balaban J connectivity index is 0.927. The maximum atomic E-state index is 4.83. The van der Waals surface area contributed by atoms with Crippen LogP contribution in [0.4, 0.5) is 34.1 Å². The molecule has 1 aliphatic carbocycles. The fourth-order valence-corrected chi connectivity index (χ4v) is 11.2. The van der Waals surface area contributed by atoms with Crippen molar-refractivity contribution in [2.75, 3.05) is 9.80 Å². The standard InChI is InChI=1S/C61H44N8/c1-61(2)51-39-47(66(41-17-5-3-6-18-41)43-21-15-23-45(37-43)68-55-29-13-11-27-53(55)64-35-33-62-59(64)68)31-32-50(51)58-49-26-10-9-25-48(49)57(40-52(58)61)67(42-19-7-4-8-20-42)44-22-16-24-46(38-44)69-56-30-14-12-28-54(56)65-36-34-63-60(65)69/h3-40H,1-2H3. The van der Waals surface area contributed by atoms with Crippen molar-refractivity contribution >= 4 is 78.5 Å². The second-order valence-corrected chi connectivity index (χ2v) is 18.4. The molecule has 0 N–H and O–H groups in total. The predicted octanol–water partition coefficient (Wildman–Crippen LogP) is 15.3. The molecule has 13 aromatic rings. The molecule has 14 rings (SSSR count). The van der Waals surface area contributed by atoms with E-state index in [0.717, 1.165) is 79.1 Å². The van der Waals surface area contributed by atoms with Gasteiger partial charge < -0.3 is 9.80 Å². The van der Waals surface area contributed by atoms with Gasteiger partial charge in [0.05, 0.1) is 39.1 Å². The van der Waals surface area contributed by atoms with Crippen LogP contribution in [0.3, 0.4) is 0 Å². The lowest BCUT2D eigenvalue weighted by atomic mass is 9.81. The molecule has 1 aliphatic rings. The Morgan fingerprint density at radius 2 is 0.870 bits per heavy atom. The molecule has 0 unspecified atom stereocenters. The van der Waals surface area contributed by atoms with Crippen molar-refractivity contribution in [1.29, 1.82) is 0 Å². The molecule has 0 spiro atoms. The van der Waals surface area contributed by atoms with Crippen molar-refractivity contribution in [2.45, 2.75) is 19.3 Å². The lowest BCUT2D eigenvalue weighted by molar-refractivity contribution is 0.661. The Morgan fingerprint density at radius 3 is 1.46 bits per heavy atom. The number of imidazole rings is 4. The molecule has 0 fully saturated rings. The van der Waals surface area contributed by atoms with E-state index in [-0.39, 0.29) is 5.41 Å². The van der Waals surface area contributed by atoms with Crippen LogP contribution in [0.1, 0.15) is 25.0 Å². The molecule has 4 heterocycles. The number of benzene rings is 9. The molecule has 4 aromatic heterocycles. The van der Waals surface area contributed by atoms with Crippen LogP contribution in [-0.4, -0.2) is 27.9 Å². The third-order valence-electron chi connectivity index (χ3n) is 14.3. The van der Waals surface area contributed by atoms with Crippen molar-refractivity contribution in [3.05, 3.63) is 242 Å². The number of fused-ring (bicyclic) bond motifs is 11. The molecule has 8 heteroatoms. The minimum atomic E-state index is -0.347. The van der Waals surface area contributed by atoms with Gasteiger partial charge in [-0.05, 0) is 131 Å². The highest BCUT2D eigenvalue weighted by Crippen LogP contribution is 2.56. The molecule has 69 heavy (non-hydrogen) atoms. The minimum absolute atomic E-state index is 0.347. The van der Waals surface area contributed by atoms with Gasteiger partial charge >= 0.3 is 0 Å². The van der Waals surface area contributed by atoms with Crippen LogP contribution in [0.2, 0.25) is 0 Å². The molecule has 0 amide bonds. The number of nitrogens with zero attached hydrogens (tertiary/aromatic N) is 8. The number of hydrogen-bond donors (Lipinski definition) is 0. The summed E-state index contributed by atoms with van der Waals surface area (Å²) in [5.41, 5.74) is 17.9. The highest BCUT2D eigenvalue weighted by molar-refractivity contribution is 6.10. The summed E-state index contributed by atoms with van der Waals surface area (Å²) in [6.07, 6.45) is 7.82. The minimum Gasteiger partial charge on any atom is -0.310 e. The number of rotatable bonds is 8. The van der Waals surface area contributed by atoms with Crippen molar-refractivity contribution in [2.24, 2.45) is 0 Å². The first-order chi connectivity index (χ1) is 34.0. The van der Waals surface area contributed by atoms with Crippen molar-refractivity contribution in [3.63, 3.8) is 0 Å². The van der Waals surface area contributed by atoms with E-state index >= 15 is 0 Å². The Kier molecular flexibility index (Phi) is 8.46. The van der Waals surface area contributed by atoms with Gasteiger partial charge in [0.1, 0.15) is 0 Å². The quantitative estimate of drug-likeness (QED) is 0.153. The lowest BCUT2D eigenvalue weighted by Crippen LogP contribution is -2.18. The molecule has 328 valence electrons. The number of aromatic nitrogens is 6. The van der Waals surface area contributed by atoms with Gasteiger partial charge in [-0.3, -0.25) is 17.9 Å². The van der Waals surface area contributed by atoms with Gasteiger partial charge in [-0.25, -0.2) is 9.97 Å². The molecule has 0 bridgehead atoms. The van der Waals surface area contributed by atoms with Crippen LogP contribution in [-0.2, 0) is 5.41 Å². The van der Waals surface area contributed by atoms with Gasteiger partial charge in [0, 0.05) is 64.0 Å². The van der Waals surface area contributed by atoms with E-state index in [0.29, 0.717) is 0 Å². The maximum absolute atomic E-state index is 4.83. The Bertz CT molecular complexity index is 4130. The van der Waals surface area contributed by atoms with E-state index in [1.54, 1.807) is 0 Å². The van der Waals surface area contributed by atoms with Crippen LogP contribution in [0, 0.1) is 0 Å². The van der Waals surface area contributed by atoms with Crippen molar-refractivity contribution < 1.29 is 0 Å². The highest BCUT2D eigenvalue weighted by atomic mass is 15.2. The first-order valence-corrected chi connectivity index (χ1v) is 23.5. The monoisotopic (exact) mass is 888 g/mol. The second-order valence-electron chi connectivity index (χ2n) is 18.4. The molecule has 0 radical (unpaired) electrons. The van der Waals surface area contributed by atoms with Crippen molar-refractivity contribution in [1.82, 2.24) is 27.9 Å². The molecule has 0 saturated carbocycles. The third-order valence-corrected chi connectivity index (χ3v) is 14.3. The van der Waals surface area contributed by atoms with E-state index in [9.17, 15) is 0 Å².